The minimum absolute atomic E-state index is 0.0755. The first-order chi connectivity index (χ1) is 19.6. The molecule has 1 fully saturated rings. The largest absolute Gasteiger partial charge is 0.356 e. The van der Waals surface area contributed by atoms with Crippen LogP contribution in [0.4, 0.5) is 5.82 Å². The fourth-order valence-electron chi connectivity index (χ4n) is 5.91. The summed E-state index contributed by atoms with van der Waals surface area (Å²) in [6.45, 7) is 12.3. The number of amides is 1. The van der Waals surface area contributed by atoms with E-state index in [1.165, 1.54) is 0 Å². The molecule has 10 heteroatoms. The molecule has 0 spiro atoms. The lowest BCUT2D eigenvalue weighted by molar-refractivity contribution is 0.0652. The molecule has 1 aromatic carbocycles. The van der Waals surface area contributed by atoms with Crippen molar-refractivity contribution in [3.05, 3.63) is 91.2 Å². The molecule has 0 aliphatic carbocycles. The summed E-state index contributed by atoms with van der Waals surface area (Å²) in [5, 5.41) is 4.66. The van der Waals surface area contributed by atoms with Crippen molar-refractivity contribution in [2.45, 2.75) is 60.0 Å². The molecular formula is C31H34BrN7O2. The van der Waals surface area contributed by atoms with Crippen molar-refractivity contribution in [1.82, 2.24) is 29.2 Å². The highest BCUT2D eigenvalue weighted by atomic mass is 79.9. The number of carbonyl (C=O) groups is 1. The monoisotopic (exact) mass is 615 g/mol. The van der Waals surface area contributed by atoms with Crippen LogP contribution in [0.2, 0.25) is 0 Å². The number of benzene rings is 1. The molecule has 4 aromatic rings. The topological polar surface area (TPSA) is 89.2 Å². The van der Waals surface area contributed by atoms with Gasteiger partial charge in [-0.05, 0) is 88.4 Å². The zero-order valence-corrected chi connectivity index (χ0v) is 25.6. The van der Waals surface area contributed by atoms with Crippen molar-refractivity contribution in [3.8, 4) is 11.6 Å². The summed E-state index contributed by atoms with van der Waals surface area (Å²) in [4.78, 5) is 41.7. The van der Waals surface area contributed by atoms with Crippen LogP contribution in [0.25, 0.3) is 11.6 Å². The molecule has 2 aliphatic heterocycles. The predicted molar refractivity (Wildman–Crippen MR) is 162 cm³/mol. The van der Waals surface area contributed by atoms with Gasteiger partial charge < -0.3 is 9.80 Å². The van der Waals surface area contributed by atoms with Gasteiger partial charge in [0.1, 0.15) is 5.82 Å². The standard InChI is InChI=1S/C31H34BrN7O2/c1-18-10-11-36(16-18)28-9-7-24(15-33-28)38-30(41)25-14-21(4)37(29(40)23-6-8-26(32)19(2)12-23)17-27(25)34-31(38)39-22(5)13-20(3)35-39/h6-9,12-13,15,18,21H,10-11,14,16-17H2,1-5H3. The molecule has 0 radical (unpaired) electrons. The lowest BCUT2D eigenvalue weighted by Gasteiger charge is -2.34. The SMILES string of the molecule is Cc1cc(C)n(-c2nc3c(c(=O)n2-c2ccc(N4CCC(C)C4)nc2)CC(C)N(C(=O)c2ccc(Br)c(C)c2)C3)n1. The summed E-state index contributed by atoms with van der Waals surface area (Å²) < 4.78 is 4.28. The zero-order valence-electron chi connectivity index (χ0n) is 24.1. The number of aryl methyl sites for hydroxylation is 3. The molecule has 6 rings (SSSR count). The number of hydrogen-bond acceptors (Lipinski definition) is 6. The fourth-order valence-corrected chi connectivity index (χ4v) is 6.16. The highest BCUT2D eigenvalue weighted by Gasteiger charge is 2.33. The van der Waals surface area contributed by atoms with Crippen molar-refractivity contribution in [1.29, 1.82) is 0 Å². The predicted octanol–water partition coefficient (Wildman–Crippen LogP) is 4.93. The average molecular weight is 617 g/mol. The van der Waals surface area contributed by atoms with E-state index in [1.807, 2.05) is 64.1 Å². The summed E-state index contributed by atoms with van der Waals surface area (Å²) in [5.74, 6) is 1.87. The second kappa shape index (κ2) is 10.6. The highest BCUT2D eigenvalue weighted by Crippen LogP contribution is 2.27. The Morgan fingerprint density at radius 3 is 2.51 bits per heavy atom. The summed E-state index contributed by atoms with van der Waals surface area (Å²) in [6, 6.07) is 11.3. The van der Waals surface area contributed by atoms with Gasteiger partial charge in [-0.2, -0.15) is 5.10 Å². The second-order valence-corrected chi connectivity index (χ2v) is 12.3. The van der Waals surface area contributed by atoms with Gasteiger partial charge in [0.25, 0.3) is 11.5 Å². The maximum absolute atomic E-state index is 14.2. The Kier molecular flexibility index (Phi) is 7.05. The molecular weight excluding hydrogens is 582 g/mol. The van der Waals surface area contributed by atoms with E-state index in [4.69, 9.17) is 9.97 Å². The fraction of sp³-hybridized carbons (Fsp3) is 0.387. The van der Waals surface area contributed by atoms with Crippen LogP contribution in [0.5, 0.6) is 0 Å². The van der Waals surface area contributed by atoms with E-state index in [1.54, 1.807) is 20.3 Å². The summed E-state index contributed by atoms with van der Waals surface area (Å²) in [5.41, 5.74) is 5.01. The molecule has 212 valence electrons. The van der Waals surface area contributed by atoms with Crippen LogP contribution >= 0.6 is 15.9 Å². The second-order valence-electron chi connectivity index (χ2n) is 11.5. The molecule has 0 saturated carbocycles. The van der Waals surface area contributed by atoms with E-state index in [2.05, 4.69) is 32.9 Å². The quantitative estimate of drug-likeness (QED) is 0.323. The van der Waals surface area contributed by atoms with Crippen LogP contribution in [0.1, 0.15) is 58.8 Å². The third-order valence-corrected chi connectivity index (χ3v) is 9.09. The van der Waals surface area contributed by atoms with Gasteiger partial charge in [0.2, 0.25) is 5.95 Å². The molecule has 2 unspecified atom stereocenters. The number of fused-ring (bicyclic) bond motifs is 1. The number of carbonyl (C=O) groups excluding carboxylic acids is 1. The first-order valence-electron chi connectivity index (χ1n) is 14.1. The van der Waals surface area contributed by atoms with Gasteiger partial charge in [0, 0.05) is 40.4 Å². The van der Waals surface area contributed by atoms with Crippen molar-refractivity contribution in [2.24, 2.45) is 5.92 Å². The van der Waals surface area contributed by atoms with E-state index in [-0.39, 0.29) is 24.1 Å². The van der Waals surface area contributed by atoms with Crippen LogP contribution in [-0.4, -0.2) is 54.3 Å². The normalized spacial score (nSPS) is 18.6. The van der Waals surface area contributed by atoms with E-state index in [0.717, 1.165) is 46.8 Å². The minimum atomic E-state index is -0.168. The van der Waals surface area contributed by atoms with Gasteiger partial charge in [0.05, 0.1) is 29.8 Å². The van der Waals surface area contributed by atoms with Gasteiger partial charge >= 0.3 is 0 Å². The van der Waals surface area contributed by atoms with E-state index in [9.17, 15) is 9.59 Å². The maximum atomic E-state index is 14.2. The third kappa shape index (κ3) is 4.98. The number of hydrogen-bond donors (Lipinski definition) is 0. The third-order valence-electron chi connectivity index (χ3n) is 8.20. The Labute approximate surface area is 248 Å². The zero-order chi connectivity index (χ0) is 29.0. The van der Waals surface area contributed by atoms with Gasteiger partial charge in [-0.3, -0.25) is 9.59 Å². The van der Waals surface area contributed by atoms with Crippen molar-refractivity contribution < 1.29 is 4.79 Å². The van der Waals surface area contributed by atoms with Crippen LogP contribution in [0.15, 0.2) is 51.9 Å². The van der Waals surface area contributed by atoms with Crippen LogP contribution in [0, 0.1) is 26.7 Å². The number of halogens is 1. The van der Waals surface area contributed by atoms with Crippen molar-refractivity contribution in [2.75, 3.05) is 18.0 Å². The molecule has 9 nitrogen and oxygen atoms in total. The van der Waals surface area contributed by atoms with E-state index < -0.39 is 0 Å². The molecule has 3 aromatic heterocycles. The van der Waals surface area contributed by atoms with Gasteiger partial charge in [0.15, 0.2) is 0 Å². The molecule has 5 heterocycles. The summed E-state index contributed by atoms with van der Waals surface area (Å²) >= 11 is 3.52. The van der Waals surface area contributed by atoms with E-state index >= 15 is 0 Å². The Morgan fingerprint density at radius 1 is 1.07 bits per heavy atom. The first-order valence-corrected chi connectivity index (χ1v) is 14.9. The first kappa shape index (κ1) is 27.4. The molecule has 1 amide bonds. The number of rotatable bonds is 4. The van der Waals surface area contributed by atoms with Crippen molar-refractivity contribution >= 4 is 27.7 Å². The van der Waals surface area contributed by atoms with Gasteiger partial charge in [-0.25, -0.2) is 19.2 Å². The Balaban J connectivity index is 1.43. The Bertz CT molecular complexity index is 1710. The summed E-state index contributed by atoms with van der Waals surface area (Å²) in [6.07, 6.45) is 3.32. The molecule has 2 aliphatic rings. The highest BCUT2D eigenvalue weighted by molar-refractivity contribution is 9.10. The van der Waals surface area contributed by atoms with Crippen LogP contribution in [-0.2, 0) is 13.0 Å². The lowest BCUT2D eigenvalue weighted by atomic mass is 9.98. The van der Waals surface area contributed by atoms with E-state index in [0.29, 0.717) is 40.8 Å². The number of aromatic nitrogens is 5. The number of nitrogens with zero attached hydrogens (tertiary/aromatic N) is 7. The number of anilines is 1. The van der Waals surface area contributed by atoms with Crippen LogP contribution in [0.3, 0.4) is 0 Å². The Morgan fingerprint density at radius 2 is 1.88 bits per heavy atom. The molecule has 2 atom stereocenters. The lowest BCUT2D eigenvalue weighted by Crippen LogP contribution is -2.46. The smallest absolute Gasteiger partial charge is 0.263 e. The molecule has 0 bridgehead atoms. The minimum Gasteiger partial charge on any atom is -0.356 e. The van der Waals surface area contributed by atoms with Crippen LogP contribution < -0.4 is 10.5 Å². The molecule has 1 saturated heterocycles. The molecule has 41 heavy (non-hydrogen) atoms. The maximum Gasteiger partial charge on any atom is 0.263 e. The average Bonchev–Trinajstić information content (AvgIpc) is 3.53. The molecule has 0 N–H and O–H groups in total. The summed E-state index contributed by atoms with van der Waals surface area (Å²) in [7, 11) is 0. The van der Waals surface area contributed by atoms with Gasteiger partial charge in [-0.1, -0.05) is 22.9 Å². The Hall–Kier alpha value is -3.79. The number of pyridine rings is 1. The van der Waals surface area contributed by atoms with Crippen molar-refractivity contribution in [3.63, 3.8) is 0 Å². The van der Waals surface area contributed by atoms with Gasteiger partial charge in [-0.15, -0.1) is 0 Å².